The summed E-state index contributed by atoms with van der Waals surface area (Å²) in [4.78, 5) is 16.1. The molecule has 1 fully saturated rings. The molecule has 0 radical (unpaired) electrons. The molecule has 1 aromatic carbocycles. The maximum absolute atomic E-state index is 11.6. The van der Waals surface area contributed by atoms with Crippen LogP contribution in [0.1, 0.15) is 52.9 Å². The van der Waals surface area contributed by atoms with E-state index in [0.717, 1.165) is 30.5 Å². The van der Waals surface area contributed by atoms with Crippen LogP contribution in [0.15, 0.2) is 42.7 Å². The Morgan fingerprint density at radius 1 is 1.29 bits per heavy atom. The molecule has 2 aromatic heterocycles. The van der Waals surface area contributed by atoms with Gasteiger partial charge in [0.1, 0.15) is 0 Å². The molecule has 3 aromatic rings. The van der Waals surface area contributed by atoms with E-state index >= 15 is 0 Å². The summed E-state index contributed by atoms with van der Waals surface area (Å²) in [6.07, 6.45) is 6.76. The molecule has 122 valence electrons. The number of benzene rings is 1. The third-order valence-corrected chi connectivity index (χ3v) is 4.82. The molecule has 0 amide bonds. The molecule has 0 saturated heterocycles. The van der Waals surface area contributed by atoms with Gasteiger partial charge >= 0.3 is 5.97 Å². The van der Waals surface area contributed by atoms with E-state index in [-0.39, 0.29) is 0 Å². The molecule has 2 heterocycles. The van der Waals surface area contributed by atoms with Gasteiger partial charge in [0, 0.05) is 30.9 Å². The highest BCUT2D eigenvalue weighted by molar-refractivity contribution is 5.89. The molecule has 0 unspecified atom stereocenters. The zero-order valence-electron chi connectivity index (χ0n) is 13.7. The number of hydrogen-bond acceptors (Lipinski definition) is 2. The van der Waals surface area contributed by atoms with E-state index in [9.17, 15) is 9.90 Å². The highest BCUT2D eigenvalue weighted by Gasteiger charge is 2.25. The Morgan fingerprint density at radius 2 is 2.12 bits per heavy atom. The smallest absolute Gasteiger partial charge is 0.337 e. The topological polar surface area (TPSA) is 55.1 Å². The lowest BCUT2D eigenvalue weighted by Crippen LogP contribution is -2.07. The second-order valence-electron chi connectivity index (χ2n) is 6.51. The summed E-state index contributed by atoms with van der Waals surface area (Å²) in [6.45, 7) is 3.04. The van der Waals surface area contributed by atoms with E-state index in [1.807, 2.05) is 12.3 Å². The van der Waals surface area contributed by atoms with Crippen molar-refractivity contribution >= 4 is 16.9 Å². The molecule has 1 aliphatic rings. The summed E-state index contributed by atoms with van der Waals surface area (Å²) in [5, 5.41) is 10.8. The summed E-state index contributed by atoms with van der Waals surface area (Å²) in [7, 11) is 0. The van der Waals surface area contributed by atoms with E-state index in [1.54, 1.807) is 0 Å². The first-order chi connectivity index (χ1) is 11.7. The van der Waals surface area contributed by atoms with Crippen molar-refractivity contribution in [3.8, 4) is 0 Å². The van der Waals surface area contributed by atoms with Crippen LogP contribution in [0.4, 0.5) is 0 Å². The number of aryl methyl sites for hydroxylation is 1. The lowest BCUT2D eigenvalue weighted by Gasteiger charge is -2.09. The van der Waals surface area contributed by atoms with Gasteiger partial charge in [0.15, 0.2) is 0 Å². The van der Waals surface area contributed by atoms with E-state index in [0.29, 0.717) is 23.6 Å². The van der Waals surface area contributed by atoms with Crippen LogP contribution in [0.2, 0.25) is 0 Å². The van der Waals surface area contributed by atoms with Crippen LogP contribution in [0.25, 0.3) is 10.9 Å². The monoisotopic (exact) mass is 320 g/mol. The first-order valence-electron chi connectivity index (χ1n) is 8.45. The Bertz CT molecular complexity index is 923. The molecule has 24 heavy (non-hydrogen) atoms. The maximum atomic E-state index is 11.6. The minimum Gasteiger partial charge on any atom is -0.478 e. The normalized spacial score (nSPS) is 14.2. The van der Waals surface area contributed by atoms with Crippen molar-refractivity contribution in [2.24, 2.45) is 0 Å². The van der Waals surface area contributed by atoms with Crippen molar-refractivity contribution < 1.29 is 9.90 Å². The van der Waals surface area contributed by atoms with Gasteiger partial charge in [-0.25, -0.2) is 4.79 Å². The van der Waals surface area contributed by atoms with Gasteiger partial charge < -0.3 is 9.67 Å². The Morgan fingerprint density at radius 3 is 2.83 bits per heavy atom. The average molecular weight is 320 g/mol. The molecule has 1 saturated carbocycles. The van der Waals surface area contributed by atoms with Crippen LogP contribution < -0.4 is 0 Å². The van der Waals surface area contributed by atoms with Crippen LogP contribution in [0, 0.1) is 0 Å². The van der Waals surface area contributed by atoms with Crippen molar-refractivity contribution in [2.45, 2.75) is 38.6 Å². The number of pyridine rings is 1. The average Bonchev–Trinajstić information content (AvgIpc) is 3.35. The molecule has 0 aliphatic heterocycles. The number of carboxylic acids is 1. The van der Waals surface area contributed by atoms with Gasteiger partial charge in [-0.1, -0.05) is 12.1 Å². The SMILES string of the molecule is CCn1ccc2ccc(Cc3ncc(C4CC4)cc3C(=O)O)cc21. The lowest BCUT2D eigenvalue weighted by molar-refractivity contribution is 0.0695. The standard InChI is InChI=1S/C20H20N2O2/c1-2-22-8-7-15-4-3-13(10-19(15)22)9-18-17(20(23)24)11-16(12-21-18)14-5-6-14/h3-4,7-8,10-12,14H,2,5-6,9H2,1H3,(H,23,24). The van der Waals surface area contributed by atoms with Gasteiger partial charge in [0.2, 0.25) is 0 Å². The fourth-order valence-electron chi connectivity index (χ4n) is 3.28. The summed E-state index contributed by atoms with van der Waals surface area (Å²) >= 11 is 0. The molecule has 0 atom stereocenters. The molecule has 4 rings (SSSR count). The van der Waals surface area contributed by atoms with Crippen LogP contribution in [0.5, 0.6) is 0 Å². The van der Waals surface area contributed by atoms with Crippen LogP contribution in [-0.4, -0.2) is 20.6 Å². The van der Waals surface area contributed by atoms with Crippen molar-refractivity contribution in [3.05, 3.63) is 65.1 Å². The van der Waals surface area contributed by atoms with E-state index < -0.39 is 5.97 Å². The molecule has 4 heteroatoms. The third-order valence-electron chi connectivity index (χ3n) is 4.82. The van der Waals surface area contributed by atoms with Gasteiger partial charge in [-0.05, 0) is 60.4 Å². The van der Waals surface area contributed by atoms with Gasteiger partial charge in [-0.15, -0.1) is 0 Å². The second-order valence-corrected chi connectivity index (χ2v) is 6.51. The number of fused-ring (bicyclic) bond motifs is 1. The molecular formula is C20H20N2O2. The van der Waals surface area contributed by atoms with Gasteiger partial charge in [-0.2, -0.15) is 0 Å². The number of aromatic carboxylic acids is 1. The summed E-state index contributed by atoms with van der Waals surface area (Å²) in [5.74, 6) is -0.383. The Kier molecular flexibility index (Phi) is 3.60. The van der Waals surface area contributed by atoms with Gasteiger partial charge in [0.25, 0.3) is 0 Å². The molecular weight excluding hydrogens is 300 g/mol. The molecule has 1 N–H and O–H groups in total. The first-order valence-corrected chi connectivity index (χ1v) is 8.45. The third kappa shape index (κ3) is 2.68. The largest absolute Gasteiger partial charge is 0.478 e. The first kappa shape index (κ1) is 14.9. The van der Waals surface area contributed by atoms with E-state index in [1.165, 1.54) is 10.9 Å². The van der Waals surface area contributed by atoms with Crippen LogP contribution >= 0.6 is 0 Å². The minimum absolute atomic E-state index is 0.338. The number of hydrogen-bond donors (Lipinski definition) is 1. The van der Waals surface area contributed by atoms with E-state index in [2.05, 4.69) is 46.9 Å². The van der Waals surface area contributed by atoms with Crippen molar-refractivity contribution in [1.82, 2.24) is 9.55 Å². The minimum atomic E-state index is -0.891. The molecule has 0 bridgehead atoms. The predicted molar refractivity (Wildman–Crippen MR) is 93.6 cm³/mol. The summed E-state index contributed by atoms with van der Waals surface area (Å²) in [5.41, 5.74) is 4.31. The quantitative estimate of drug-likeness (QED) is 0.765. The van der Waals surface area contributed by atoms with Crippen molar-refractivity contribution in [3.63, 3.8) is 0 Å². The number of nitrogens with zero attached hydrogens (tertiary/aromatic N) is 2. The molecule has 1 aliphatic carbocycles. The van der Waals surface area contributed by atoms with E-state index in [4.69, 9.17) is 0 Å². The number of carboxylic acid groups (broad SMARTS) is 1. The zero-order valence-corrected chi connectivity index (χ0v) is 13.7. The Hall–Kier alpha value is -2.62. The second kappa shape index (κ2) is 5.78. The predicted octanol–water partition coefficient (Wildman–Crippen LogP) is 4.22. The molecule has 0 spiro atoms. The van der Waals surface area contributed by atoms with Gasteiger partial charge in [0.05, 0.1) is 11.3 Å². The zero-order chi connectivity index (χ0) is 16.7. The fraction of sp³-hybridized carbons (Fsp3) is 0.300. The number of aromatic nitrogens is 2. The van der Waals surface area contributed by atoms with Crippen LogP contribution in [-0.2, 0) is 13.0 Å². The number of carbonyl (C=O) groups is 1. The van der Waals surface area contributed by atoms with Crippen LogP contribution in [0.3, 0.4) is 0 Å². The highest BCUT2D eigenvalue weighted by Crippen LogP contribution is 2.40. The Balaban J connectivity index is 1.70. The van der Waals surface area contributed by atoms with Crippen molar-refractivity contribution in [1.29, 1.82) is 0 Å². The number of rotatable bonds is 5. The Labute approximate surface area is 140 Å². The fourth-order valence-corrected chi connectivity index (χ4v) is 3.28. The summed E-state index contributed by atoms with van der Waals surface area (Å²) < 4.78 is 2.20. The maximum Gasteiger partial charge on any atom is 0.337 e. The molecule has 4 nitrogen and oxygen atoms in total. The summed E-state index contributed by atoms with van der Waals surface area (Å²) in [6, 6.07) is 10.2. The highest BCUT2D eigenvalue weighted by atomic mass is 16.4. The van der Waals surface area contributed by atoms with Gasteiger partial charge in [-0.3, -0.25) is 4.98 Å². The lowest BCUT2D eigenvalue weighted by atomic mass is 10.0. The van der Waals surface area contributed by atoms with Crippen molar-refractivity contribution in [2.75, 3.05) is 0 Å².